The minimum absolute atomic E-state index is 0.190. The Hall–Kier alpha value is 0.0300. The van der Waals surface area contributed by atoms with Crippen LogP contribution >= 0.6 is 27.3 Å². The fourth-order valence-electron chi connectivity index (χ4n) is 1.09. The van der Waals surface area contributed by atoms with Gasteiger partial charge in [0, 0.05) is 6.54 Å². The van der Waals surface area contributed by atoms with Gasteiger partial charge < -0.3 is 10.4 Å². The lowest BCUT2D eigenvalue weighted by atomic mass is 10.1. The molecule has 0 saturated heterocycles. The molecule has 2 N–H and O–H groups in total. The molecule has 1 rings (SSSR count). The first-order chi connectivity index (χ1) is 7.00. The third kappa shape index (κ3) is 4.18. The van der Waals surface area contributed by atoms with E-state index in [0.29, 0.717) is 6.54 Å². The summed E-state index contributed by atoms with van der Waals surface area (Å²) in [7, 11) is 0. The van der Waals surface area contributed by atoms with Crippen molar-refractivity contribution in [1.82, 2.24) is 10.3 Å². The maximum absolute atomic E-state index is 9.64. The number of hydrogen-bond donors (Lipinski definition) is 2. The van der Waals surface area contributed by atoms with Crippen molar-refractivity contribution in [1.29, 1.82) is 0 Å². The SMILES string of the molecule is CC(NCC(O)C(C)C)c1ncc(Br)s1. The molecule has 5 heteroatoms. The molecular formula is C10H17BrN2OS. The van der Waals surface area contributed by atoms with Gasteiger partial charge in [-0.15, -0.1) is 11.3 Å². The number of halogens is 1. The fraction of sp³-hybridized carbons (Fsp3) is 0.700. The first kappa shape index (κ1) is 13.1. The van der Waals surface area contributed by atoms with E-state index in [1.165, 1.54) is 0 Å². The third-order valence-corrected chi connectivity index (χ3v) is 3.93. The van der Waals surface area contributed by atoms with Crippen LogP contribution in [0.5, 0.6) is 0 Å². The van der Waals surface area contributed by atoms with E-state index in [1.54, 1.807) is 17.5 Å². The number of aliphatic hydroxyl groups excluding tert-OH is 1. The smallest absolute Gasteiger partial charge is 0.110 e. The van der Waals surface area contributed by atoms with E-state index in [4.69, 9.17) is 0 Å². The van der Waals surface area contributed by atoms with Crippen LogP contribution in [0.3, 0.4) is 0 Å². The predicted octanol–water partition coefficient (Wildman–Crippen LogP) is 2.57. The van der Waals surface area contributed by atoms with Crippen LogP contribution in [-0.4, -0.2) is 22.7 Å². The Morgan fingerprint density at radius 3 is 2.67 bits per heavy atom. The Morgan fingerprint density at radius 2 is 2.20 bits per heavy atom. The molecule has 0 aromatic carbocycles. The Labute approximate surface area is 103 Å². The summed E-state index contributed by atoms with van der Waals surface area (Å²) in [6.07, 6.45) is 1.51. The summed E-state index contributed by atoms with van der Waals surface area (Å²) >= 11 is 5.00. The molecule has 15 heavy (non-hydrogen) atoms. The third-order valence-electron chi connectivity index (χ3n) is 2.27. The van der Waals surface area contributed by atoms with E-state index in [2.05, 4.69) is 33.2 Å². The van der Waals surface area contributed by atoms with Gasteiger partial charge in [0.25, 0.3) is 0 Å². The minimum atomic E-state index is -0.296. The molecule has 0 aliphatic rings. The number of hydrogen-bond acceptors (Lipinski definition) is 4. The van der Waals surface area contributed by atoms with E-state index < -0.39 is 0 Å². The van der Waals surface area contributed by atoms with Crippen molar-refractivity contribution in [3.63, 3.8) is 0 Å². The maximum Gasteiger partial charge on any atom is 0.110 e. The summed E-state index contributed by atoms with van der Waals surface area (Å²) in [5, 5.41) is 13.9. The van der Waals surface area contributed by atoms with Gasteiger partial charge in [-0.2, -0.15) is 0 Å². The van der Waals surface area contributed by atoms with Gasteiger partial charge in [0.05, 0.1) is 22.1 Å². The zero-order valence-electron chi connectivity index (χ0n) is 9.20. The molecule has 0 radical (unpaired) electrons. The monoisotopic (exact) mass is 292 g/mol. The number of nitrogens with zero attached hydrogens (tertiary/aromatic N) is 1. The number of aromatic nitrogens is 1. The highest BCUT2D eigenvalue weighted by atomic mass is 79.9. The van der Waals surface area contributed by atoms with Gasteiger partial charge in [0.2, 0.25) is 0 Å². The van der Waals surface area contributed by atoms with Gasteiger partial charge in [0.15, 0.2) is 0 Å². The molecule has 2 atom stereocenters. The molecule has 0 aliphatic heterocycles. The first-order valence-corrected chi connectivity index (χ1v) is 6.64. The fourth-order valence-corrected chi connectivity index (χ4v) is 2.36. The van der Waals surface area contributed by atoms with Crippen molar-refractivity contribution in [2.75, 3.05) is 6.54 Å². The van der Waals surface area contributed by atoms with Crippen LogP contribution in [0, 0.1) is 5.92 Å². The molecule has 1 aromatic rings. The number of nitrogens with one attached hydrogen (secondary N) is 1. The quantitative estimate of drug-likeness (QED) is 0.877. The van der Waals surface area contributed by atoms with E-state index >= 15 is 0 Å². The van der Waals surface area contributed by atoms with Gasteiger partial charge in [-0.05, 0) is 28.8 Å². The molecule has 0 fully saturated rings. The molecule has 1 heterocycles. The maximum atomic E-state index is 9.64. The number of thiazole rings is 1. The van der Waals surface area contributed by atoms with Gasteiger partial charge >= 0.3 is 0 Å². The lowest BCUT2D eigenvalue weighted by Gasteiger charge is -2.17. The normalized spacial score (nSPS) is 15.6. The summed E-state index contributed by atoms with van der Waals surface area (Å²) in [6.45, 7) is 6.68. The summed E-state index contributed by atoms with van der Waals surface area (Å²) in [6, 6.07) is 0.190. The summed E-state index contributed by atoms with van der Waals surface area (Å²) in [4.78, 5) is 4.27. The highest BCUT2D eigenvalue weighted by Crippen LogP contribution is 2.24. The second kappa shape index (κ2) is 5.94. The molecule has 0 spiro atoms. The van der Waals surface area contributed by atoms with Crippen molar-refractivity contribution in [3.05, 3.63) is 15.0 Å². The van der Waals surface area contributed by atoms with Crippen molar-refractivity contribution < 1.29 is 5.11 Å². The number of aliphatic hydroxyl groups is 1. The van der Waals surface area contributed by atoms with Crippen molar-refractivity contribution in [2.24, 2.45) is 5.92 Å². The predicted molar refractivity (Wildman–Crippen MR) is 67.1 cm³/mol. The Balaban J connectivity index is 2.39. The average Bonchev–Trinajstić information content (AvgIpc) is 2.60. The molecule has 2 unspecified atom stereocenters. The standard InChI is InChI=1S/C10H17BrN2OS/c1-6(2)8(14)4-12-7(3)10-13-5-9(11)15-10/h5-8,12,14H,4H2,1-3H3. The zero-order chi connectivity index (χ0) is 11.4. The van der Waals surface area contributed by atoms with Crippen LogP contribution in [0.25, 0.3) is 0 Å². The van der Waals surface area contributed by atoms with Gasteiger partial charge in [-0.25, -0.2) is 4.98 Å². The molecule has 1 aromatic heterocycles. The molecule has 86 valence electrons. The molecule has 3 nitrogen and oxygen atoms in total. The molecule has 0 aliphatic carbocycles. The first-order valence-electron chi connectivity index (χ1n) is 5.03. The summed E-state index contributed by atoms with van der Waals surface area (Å²) < 4.78 is 1.04. The Kier molecular flexibility index (Phi) is 5.18. The van der Waals surface area contributed by atoms with Crippen LogP contribution in [0.15, 0.2) is 9.98 Å². The molecule has 0 bridgehead atoms. The largest absolute Gasteiger partial charge is 0.392 e. The van der Waals surface area contributed by atoms with Gasteiger partial charge in [-0.3, -0.25) is 0 Å². The summed E-state index contributed by atoms with van der Waals surface area (Å²) in [5.74, 6) is 0.285. The molecular weight excluding hydrogens is 276 g/mol. The van der Waals surface area contributed by atoms with Crippen molar-refractivity contribution in [3.8, 4) is 0 Å². The minimum Gasteiger partial charge on any atom is -0.392 e. The highest BCUT2D eigenvalue weighted by molar-refractivity contribution is 9.11. The topological polar surface area (TPSA) is 45.1 Å². The van der Waals surface area contributed by atoms with Crippen LogP contribution in [0.4, 0.5) is 0 Å². The molecule has 0 saturated carbocycles. The van der Waals surface area contributed by atoms with E-state index in [1.807, 2.05) is 13.8 Å². The van der Waals surface area contributed by atoms with Crippen molar-refractivity contribution >= 4 is 27.3 Å². The van der Waals surface area contributed by atoms with Crippen molar-refractivity contribution in [2.45, 2.75) is 32.9 Å². The van der Waals surface area contributed by atoms with E-state index in [9.17, 15) is 5.11 Å². The van der Waals surface area contributed by atoms with E-state index in [0.717, 1.165) is 8.79 Å². The van der Waals surface area contributed by atoms with Gasteiger partial charge in [-0.1, -0.05) is 13.8 Å². The second-order valence-electron chi connectivity index (χ2n) is 3.94. The van der Waals surface area contributed by atoms with Crippen LogP contribution < -0.4 is 5.32 Å². The van der Waals surface area contributed by atoms with Gasteiger partial charge in [0.1, 0.15) is 5.01 Å². The second-order valence-corrected chi connectivity index (χ2v) is 6.39. The van der Waals surface area contributed by atoms with Crippen LogP contribution in [-0.2, 0) is 0 Å². The summed E-state index contributed by atoms with van der Waals surface area (Å²) in [5.41, 5.74) is 0. The Morgan fingerprint density at radius 1 is 1.53 bits per heavy atom. The Bertz CT molecular complexity index is 303. The lowest BCUT2D eigenvalue weighted by molar-refractivity contribution is 0.120. The molecule has 0 amide bonds. The highest BCUT2D eigenvalue weighted by Gasteiger charge is 2.13. The lowest BCUT2D eigenvalue weighted by Crippen LogP contribution is -2.32. The zero-order valence-corrected chi connectivity index (χ0v) is 11.6. The van der Waals surface area contributed by atoms with E-state index in [-0.39, 0.29) is 18.1 Å². The van der Waals surface area contributed by atoms with Crippen LogP contribution in [0.2, 0.25) is 0 Å². The number of rotatable bonds is 5. The van der Waals surface area contributed by atoms with Crippen LogP contribution in [0.1, 0.15) is 31.8 Å². The average molecular weight is 293 g/mol.